The zero-order valence-corrected chi connectivity index (χ0v) is 14.8. The Morgan fingerprint density at radius 3 is 2.77 bits per heavy atom. The SMILES string of the molecule is CC1NCCCC1NC(=O)c1cn(-c2ccccc2C(F)(F)F)nn1.Cl. The van der Waals surface area contributed by atoms with Gasteiger partial charge in [0.1, 0.15) is 0 Å². The Morgan fingerprint density at radius 1 is 1.35 bits per heavy atom. The summed E-state index contributed by atoms with van der Waals surface area (Å²) in [5.41, 5.74) is -1.03. The molecule has 1 aromatic heterocycles. The van der Waals surface area contributed by atoms with Crippen molar-refractivity contribution in [1.29, 1.82) is 0 Å². The number of hydrogen-bond donors (Lipinski definition) is 2. The number of piperidine rings is 1. The number of aromatic nitrogens is 3. The minimum atomic E-state index is -4.52. The Labute approximate surface area is 154 Å². The van der Waals surface area contributed by atoms with Gasteiger partial charge in [-0.25, -0.2) is 4.68 Å². The van der Waals surface area contributed by atoms with Gasteiger partial charge in [0.05, 0.1) is 17.4 Å². The molecule has 3 rings (SSSR count). The van der Waals surface area contributed by atoms with Crippen LogP contribution in [0.5, 0.6) is 0 Å². The van der Waals surface area contributed by atoms with E-state index >= 15 is 0 Å². The van der Waals surface area contributed by atoms with Gasteiger partial charge in [-0.2, -0.15) is 13.2 Å². The van der Waals surface area contributed by atoms with E-state index < -0.39 is 17.6 Å². The molecule has 6 nitrogen and oxygen atoms in total. The van der Waals surface area contributed by atoms with Crippen molar-refractivity contribution in [2.24, 2.45) is 0 Å². The molecule has 1 aromatic carbocycles. The van der Waals surface area contributed by atoms with Crippen LogP contribution in [0.25, 0.3) is 5.69 Å². The quantitative estimate of drug-likeness (QED) is 0.846. The van der Waals surface area contributed by atoms with Crippen LogP contribution < -0.4 is 10.6 Å². The summed E-state index contributed by atoms with van der Waals surface area (Å²) in [5, 5.41) is 13.5. The molecule has 26 heavy (non-hydrogen) atoms. The van der Waals surface area contributed by atoms with Crippen LogP contribution in [0.4, 0.5) is 13.2 Å². The number of carbonyl (C=O) groups is 1. The molecule has 2 atom stereocenters. The van der Waals surface area contributed by atoms with Gasteiger partial charge in [0.2, 0.25) is 0 Å². The van der Waals surface area contributed by atoms with Gasteiger partial charge in [-0.1, -0.05) is 17.3 Å². The summed E-state index contributed by atoms with van der Waals surface area (Å²) in [7, 11) is 0. The minimum Gasteiger partial charge on any atom is -0.346 e. The van der Waals surface area contributed by atoms with Gasteiger partial charge in [-0.05, 0) is 38.4 Å². The van der Waals surface area contributed by atoms with Crippen molar-refractivity contribution in [3.63, 3.8) is 0 Å². The van der Waals surface area contributed by atoms with Crippen molar-refractivity contribution >= 4 is 18.3 Å². The van der Waals surface area contributed by atoms with Crippen molar-refractivity contribution in [2.75, 3.05) is 6.54 Å². The standard InChI is InChI=1S/C16H18F3N5O.ClH/c1-10-12(6-4-8-20-10)21-15(25)13-9-24(23-22-13)14-7-3-2-5-11(14)16(17,18)19;/h2-3,5,7,9-10,12,20H,4,6,8H2,1H3,(H,21,25);1H. The van der Waals surface area contributed by atoms with E-state index in [1.807, 2.05) is 6.92 Å². The highest BCUT2D eigenvalue weighted by atomic mass is 35.5. The number of amides is 1. The van der Waals surface area contributed by atoms with E-state index in [9.17, 15) is 18.0 Å². The van der Waals surface area contributed by atoms with Crippen LogP contribution in [-0.4, -0.2) is 39.5 Å². The Balaban J connectivity index is 0.00000243. The fourth-order valence-corrected chi connectivity index (χ4v) is 2.88. The summed E-state index contributed by atoms with van der Waals surface area (Å²) in [5.74, 6) is -0.448. The third-order valence-electron chi connectivity index (χ3n) is 4.26. The molecule has 0 radical (unpaired) electrons. The monoisotopic (exact) mass is 389 g/mol. The first kappa shape index (κ1) is 20.2. The zero-order valence-electron chi connectivity index (χ0n) is 14.0. The maximum Gasteiger partial charge on any atom is 0.418 e. The number of nitrogens with zero attached hydrogens (tertiary/aromatic N) is 3. The molecular weight excluding hydrogens is 371 g/mol. The molecule has 0 spiro atoms. The summed E-state index contributed by atoms with van der Waals surface area (Å²) >= 11 is 0. The van der Waals surface area contributed by atoms with Gasteiger partial charge >= 0.3 is 6.18 Å². The molecule has 2 aromatic rings. The van der Waals surface area contributed by atoms with Crippen LogP contribution in [0.3, 0.4) is 0 Å². The fraction of sp³-hybridized carbons (Fsp3) is 0.438. The van der Waals surface area contributed by atoms with Crippen LogP contribution in [0, 0.1) is 0 Å². The first-order chi connectivity index (χ1) is 11.9. The first-order valence-electron chi connectivity index (χ1n) is 7.99. The second-order valence-electron chi connectivity index (χ2n) is 6.03. The molecule has 1 amide bonds. The lowest BCUT2D eigenvalue weighted by Gasteiger charge is -2.30. The molecule has 10 heteroatoms. The maximum atomic E-state index is 13.1. The largest absolute Gasteiger partial charge is 0.418 e. The fourth-order valence-electron chi connectivity index (χ4n) is 2.88. The molecule has 1 aliphatic rings. The average molecular weight is 390 g/mol. The first-order valence-corrected chi connectivity index (χ1v) is 7.99. The lowest BCUT2D eigenvalue weighted by atomic mass is 10.00. The molecule has 0 saturated carbocycles. The highest BCUT2D eigenvalue weighted by Gasteiger charge is 2.34. The van der Waals surface area contributed by atoms with Crippen LogP contribution in [-0.2, 0) is 6.18 Å². The maximum absolute atomic E-state index is 13.1. The Hall–Kier alpha value is -2.13. The highest BCUT2D eigenvalue weighted by Crippen LogP contribution is 2.33. The predicted octanol–water partition coefficient (Wildman–Crippen LogP) is 2.58. The van der Waals surface area contributed by atoms with Gasteiger partial charge in [0.15, 0.2) is 5.69 Å². The number of benzene rings is 1. The number of alkyl halides is 3. The normalized spacial score (nSPS) is 20.3. The molecule has 142 valence electrons. The van der Waals surface area contributed by atoms with E-state index in [0.29, 0.717) is 0 Å². The summed E-state index contributed by atoms with van der Waals surface area (Å²) in [4.78, 5) is 12.3. The van der Waals surface area contributed by atoms with Crippen molar-refractivity contribution in [2.45, 2.75) is 38.0 Å². The Morgan fingerprint density at radius 2 is 2.08 bits per heavy atom. The van der Waals surface area contributed by atoms with Gasteiger partial charge < -0.3 is 10.6 Å². The summed E-state index contributed by atoms with van der Waals surface area (Å²) in [6.45, 7) is 2.87. The second kappa shape index (κ2) is 8.05. The third-order valence-corrected chi connectivity index (χ3v) is 4.26. The lowest BCUT2D eigenvalue weighted by molar-refractivity contribution is -0.137. The van der Waals surface area contributed by atoms with Crippen molar-refractivity contribution < 1.29 is 18.0 Å². The van der Waals surface area contributed by atoms with Crippen molar-refractivity contribution in [1.82, 2.24) is 25.6 Å². The van der Waals surface area contributed by atoms with E-state index in [1.165, 1.54) is 24.4 Å². The summed E-state index contributed by atoms with van der Waals surface area (Å²) in [6, 6.07) is 5.10. The average Bonchev–Trinajstić information content (AvgIpc) is 3.06. The van der Waals surface area contributed by atoms with Crippen LogP contribution in [0.2, 0.25) is 0 Å². The second-order valence-corrected chi connectivity index (χ2v) is 6.03. The lowest BCUT2D eigenvalue weighted by Crippen LogP contribution is -2.51. The van der Waals surface area contributed by atoms with E-state index in [1.54, 1.807) is 0 Å². The molecule has 2 unspecified atom stereocenters. The molecule has 1 fully saturated rings. The Kier molecular flexibility index (Phi) is 6.25. The van der Waals surface area contributed by atoms with Crippen LogP contribution >= 0.6 is 12.4 Å². The van der Waals surface area contributed by atoms with Crippen molar-refractivity contribution in [3.05, 3.63) is 41.7 Å². The molecule has 1 saturated heterocycles. The number of nitrogens with one attached hydrogen (secondary N) is 2. The van der Waals surface area contributed by atoms with Crippen molar-refractivity contribution in [3.8, 4) is 5.69 Å². The predicted molar refractivity (Wildman–Crippen MR) is 91.6 cm³/mol. The highest BCUT2D eigenvalue weighted by molar-refractivity contribution is 5.92. The van der Waals surface area contributed by atoms with Crippen LogP contribution in [0.15, 0.2) is 30.5 Å². The summed E-state index contributed by atoms with van der Waals surface area (Å²) in [6.07, 6.45) is -1.53. The van der Waals surface area contributed by atoms with E-state index in [2.05, 4.69) is 20.9 Å². The molecular formula is C16H19ClF3N5O. The number of halogens is 4. The molecule has 1 aliphatic heterocycles. The smallest absolute Gasteiger partial charge is 0.346 e. The summed E-state index contributed by atoms with van der Waals surface area (Å²) < 4.78 is 40.3. The third kappa shape index (κ3) is 4.34. The number of rotatable bonds is 3. The number of carbonyl (C=O) groups excluding carboxylic acids is 1. The van der Waals surface area contributed by atoms with Gasteiger partial charge in [-0.15, -0.1) is 17.5 Å². The molecule has 2 heterocycles. The van der Waals surface area contributed by atoms with E-state index in [4.69, 9.17) is 0 Å². The van der Waals surface area contributed by atoms with Gasteiger partial charge in [-0.3, -0.25) is 4.79 Å². The molecule has 0 bridgehead atoms. The number of para-hydroxylation sites is 1. The van der Waals surface area contributed by atoms with E-state index in [-0.39, 0.29) is 35.9 Å². The number of hydrogen-bond acceptors (Lipinski definition) is 4. The van der Waals surface area contributed by atoms with E-state index in [0.717, 1.165) is 30.1 Å². The van der Waals surface area contributed by atoms with Crippen LogP contribution in [0.1, 0.15) is 35.8 Å². The van der Waals surface area contributed by atoms with Gasteiger partial charge in [0.25, 0.3) is 5.91 Å². The topological polar surface area (TPSA) is 71.8 Å². The molecule has 2 N–H and O–H groups in total. The minimum absolute atomic E-state index is 0. The zero-order chi connectivity index (χ0) is 18.0. The van der Waals surface area contributed by atoms with Gasteiger partial charge in [0, 0.05) is 12.1 Å². The Bertz CT molecular complexity index is 764. The molecule has 0 aliphatic carbocycles.